The summed E-state index contributed by atoms with van der Waals surface area (Å²) in [5, 5.41) is 9.34. The number of carbonyl (C=O) groups is 2. The van der Waals surface area contributed by atoms with Crippen molar-refractivity contribution in [1.29, 1.82) is 0 Å². The van der Waals surface area contributed by atoms with Crippen LogP contribution in [0.25, 0.3) is 11.4 Å². The second kappa shape index (κ2) is 7.82. The number of carbonyl (C=O) groups excluding carboxylic acids is 2. The summed E-state index contributed by atoms with van der Waals surface area (Å²) in [6, 6.07) is 8.15. The fourth-order valence-electron chi connectivity index (χ4n) is 2.93. The monoisotopic (exact) mass is 358 g/mol. The molecule has 7 heteroatoms. The average Bonchev–Trinajstić information content (AvgIpc) is 3.19. The fourth-order valence-corrected chi connectivity index (χ4v) is 3.77. The van der Waals surface area contributed by atoms with Crippen LogP contribution in [0.3, 0.4) is 0 Å². The van der Waals surface area contributed by atoms with Crippen molar-refractivity contribution in [3.8, 4) is 11.4 Å². The Hall–Kier alpha value is -2.15. The molecular formula is C18H22N4O2S. The molecule has 2 amide bonds. The molecule has 0 spiro atoms. The molecule has 1 fully saturated rings. The van der Waals surface area contributed by atoms with E-state index in [9.17, 15) is 9.59 Å². The molecule has 0 N–H and O–H groups in total. The van der Waals surface area contributed by atoms with Gasteiger partial charge in [0, 0.05) is 25.1 Å². The number of aryl methyl sites for hydroxylation is 1. The lowest BCUT2D eigenvalue weighted by Gasteiger charge is -2.13. The van der Waals surface area contributed by atoms with Crippen LogP contribution in [0.4, 0.5) is 0 Å². The Balaban J connectivity index is 1.77. The van der Waals surface area contributed by atoms with Gasteiger partial charge >= 0.3 is 0 Å². The Bertz CT molecular complexity index is 787. The highest BCUT2D eigenvalue weighted by Gasteiger charge is 2.26. The maximum Gasteiger partial charge on any atom is 0.239 e. The number of thioether (sulfide) groups is 1. The van der Waals surface area contributed by atoms with E-state index in [0.29, 0.717) is 13.0 Å². The molecule has 0 atom stereocenters. The summed E-state index contributed by atoms with van der Waals surface area (Å²) >= 11 is 1.35. The number of amides is 2. The van der Waals surface area contributed by atoms with E-state index in [2.05, 4.69) is 27.8 Å². The second-order valence-corrected chi connectivity index (χ2v) is 7.10. The topological polar surface area (TPSA) is 68.1 Å². The lowest BCUT2D eigenvalue weighted by Crippen LogP contribution is -2.33. The second-order valence-electron chi connectivity index (χ2n) is 6.16. The molecule has 0 saturated carbocycles. The van der Waals surface area contributed by atoms with Crippen LogP contribution in [0.5, 0.6) is 0 Å². The third-order valence-corrected chi connectivity index (χ3v) is 5.09. The zero-order valence-corrected chi connectivity index (χ0v) is 15.4. The van der Waals surface area contributed by atoms with Crippen molar-refractivity contribution in [2.45, 2.75) is 44.8 Å². The Morgan fingerprint density at radius 3 is 2.84 bits per heavy atom. The quantitative estimate of drug-likeness (QED) is 0.743. The van der Waals surface area contributed by atoms with Gasteiger partial charge in [0.2, 0.25) is 11.8 Å². The first-order valence-corrected chi connectivity index (χ1v) is 9.55. The van der Waals surface area contributed by atoms with Crippen molar-refractivity contribution in [2.24, 2.45) is 0 Å². The van der Waals surface area contributed by atoms with Crippen molar-refractivity contribution in [2.75, 3.05) is 12.3 Å². The van der Waals surface area contributed by atoms with Crippen LogP contribution in [-0.4, -0.2) is 43.8 Å². The molecule has 0 bridgehead atoms. The Kier molecular flexibility index (Phi) is 5.53. The molecular weight excluding hydrogens is 336 g/mol. The summed E-state index contributed by atoms with van der Waals surface area (Å²) in [7, 11) is 0. The highest BCUT2D eigenvalue weighted by atomic mass is 32.2. The molecule has 1 aromatic carbocycles. The maximum absolute atomic E-state index is 12.2. The predicted molar refractivity (Wildman–Crippen MR) is 97.2 cm³/mol. The van der Waals surface area contributed by atoms with Gasteiger partial charge in [-0.2, -0.15) is 0 Å². The van der Waals surface area contributed by atoms with Gasteiger partial charge in [-0.3, -0.25) is 14.5 Å². The molecule has 132 valence electrons. The van der Waals surface area contributed by atoms with Crippen LogP contribution in [0.1, 0.15) is 31.7 Å². The molecule has 2 heterocycles. The van der Waals surface area contributed by atoms with Crippen LogP contribution in [-0.2, 0) is 16.1 Å². The molecule has 25 heavy (non-hydrogen) atoms. The Labute approximate surface area is 151 Å². The van der Waals surface area contributed by atoms with Gasteiger partial charge in [0.15, 0.2) is 11.0 Å². The summed E-state index contributed by atoms with van der Waals surface area (Å²) in [5.41, 5.74) is 2.19. The van der Waals surface area contributed by atoms with Crippen molar-refractivity contribution in [3.63, 3.8) is 0 Å². The van der Waals surface area contributed by atoms with E-state index in [1.807, 2.05) is 25.1 Å². The zero-order valence-electron chi connectivity index (χ0n) is 14.6. The Morgan fingerprint density at radius 1 is 1.32 bits per heavy atom. The summed E-state index contributed by atoms with van der Waals surface area (Å²) in [6.07, 6.45) is 2.18. The van der Waals surface area contributed by atoms with E-state index in [-0.39, 0.29) is 17.6 Å². The first-order valence-electron chi connectivity index (χ1n) is 8.56. The SMILES string of the molecule is CCCn1c(SCC(=O)N2CCCC2=O)nnc1-c1cccc(C)c1. The molecule has 1 aliphatic rings. The number of likely N-dealkylation sites (tertiary alicyclic amines) is 1. The van der Waals surface area contributed by atoms with E-state index >= 15 is 0 Å². The zero-order chi connectivity index (χ0) is 17.8. The Morgan fingerprint density at radius 2 is 2.16 bits per heavy atom. The van der Waals surface area contributed by atoms with Gasteiger partial charge in [-0.05, 0) is 25.8 Å². The molecule has 6 nitrogen and oxygen atoms in total. The molecule has 0 aliphatic carbocycles. The number of rotatable bonds is 6. The summed E-state index contributed by atoms with van der Waals surface area (Å²) < 4.78 is 2.05. The molecule has 2 aromatic rings. The van der Waals surface area contributed by atoms with Crippen molar-refractivity contribution >= 4 is 23.6 Å². The third-order valence-electron chi connectivity index (χ3n) is 4.14. The van der Waals surface area contributed by atoms with Crippen LogP contribution in [0, 0.1) is 6.92 Å². The number of aromatic nitrogens is 3. The third kappa shape index (κ3) is 3.92. The van der Waals surface area contributed by atoms with Gasteiger partial charge in [0.25, 0.3) is 0 Å². The van der Waals surface area contributed by atoms with Crippen molar-refractivity contribution in [3.05, 3.63) is 29.8 Å². The van der Waals surface area contributed by atoms with Crippen molar-refractivity contribution in [1.82, 2.24) is 19.7 Å². The minimum Gasteiger partial charge on any atom is -0.302 e. The first kappa shape index (κ1) is 17.7. The number of hydrogen-bond donors (Lipinski definition) is 0. The minimum absolute atomic E-state index is 0.0684. The molecule has 1 aliphatic heterocycles. The summed E-state index contributed by atoms with van der Waals surface area (Å²) in [5.74, 6) is 0.816. The molecule has 1 aromatic heterocycles. The first-order chi connectivity index (χ1) is 12.1. The standard InChI is InChI=1S/C18H22N4O2S/c1-3-9-22-17(14-7-4-6-13(2)11-14)19-20-18(22)25-12-16(24)21-10-5-8-15(21)23/h4,6-7,11H,3,5,8-10,12H2,1-2H3. The largest absolute Gasteiger partial charge is 0.302 e. The minimum atomic E-state index is -0.143. The number of imide groups is 1. The van der Waals surface area contributed by atoms with Crippen LogP contribution >= 0.6 is 11.8 Å². The lowest BCUT2D eigenvalue weighted by atomic mass is 10.1. The van der Waals surface area contributed by atoms with Crippen LogP contribution in [0.15, 0.2) is 29.4 Å². The highest BCUT2D eigenvalue weighted by molar-refractivity contribution is 7.99. The van der Waals surface area contributed by atoms with Gasteiger partial charge in [0.1, 0.15) is 0 Å². The fraction of sp³-hybridized carbons (Fsp3) is 0.444. The van der Waals surface area contributed by atoms with Gasteiger partial charge in [-0.15, -0.1) is 10.2 Å². The van der Waals surface area contributed by atoms with Gasteiger partial charge in [-0.1, -0.05) is 42.4 Å². The van der Waals surface area contributed by atoms with Gasteiger partial charge in [0.05, 0.1) is 5.75 Å². The van der Waals surface area contributed by atoms with Crippen molar-refractivity contribution < 1.29 is 9.59 Å². The van der Waals surface area contributed by atoms with Crippen LogP contribution in [0.2, 0.25) is 0 Å². The van der Waals surface area contributed by atoms with E-state index in [0.717, 1.165) is 35.9 Å². The smallest absolute Gasteiger partial charge is 0.239 e. The number of benzene rings is 1. The van der Waals surface area contributed by atoms with E-state index in [1.54, 1.807) is 0 Å². The average molecular weight is 358 g/mol. The molecule has 1 saturated heterocycles. The van der Waals surface area contributed by atoms with E-state index in [1.165, 1.54) is 22.2 Å². The molecule has 3 rings (SSSR count). The maximum atomic E-state index is 12.2. The lowest BCUT2D eigenvalue weighted by molar-refractivity contribution is -0.140. The summed E-state index contributed by atoms with van der Waals surface area (Å²) in [6.45, 7) is 5.47. The number of hydrogen-bond acceptors (Lipinski definition) is 5. The molecule has 0 radical (unpaired) electrons. The normalized spacial score (nSPS) is 14.3. The van der Waals surface area contributed by atoms with E-state index in [4.69, 9.17) is 0 Å². The predicted octanol–water partition coefficient (Wildman–Crippen LogP) is 2.90. The highest BCUT2D eigenvalue weighted by Crippen LogP contribution is 2.25. The van der Waals surface area contributed by atoms with E-state index < -0.39 is 0 Å². The number of nitrogens with zero attached hydrogens (tertiary/aromatic N) is 4. The molecule has 0 unspecified atom stereocenters. The summed E-state index contributed by atoms with van der Waals surface area (Å²) in [4.78, 5) is 25.3. The van der Waals surface area contributed by atoms with Gasteiger partial charge in [-0.25, -0.2) is 0 Å². The van der Waals surface area contributed by atoms with Crippen LogP contribution < -0.4 is 0 Å². The van der Waals surface area contributed by atoms with Gasteiger partial charge < -0.3 is 4.57 Å².